The number of hydrogen-bond donors (Lipinski definition) is 0. The zero-order valence-corrected chi connectivity index (χ0v) is 16.1. The first-order chi connectivity index (χ1) is 14.7. The zero-order chi connectivity index (χ0) is 22.0. The van der Waals surface area contributed by atoms with Crippen LogP contribution in [-0.4, -0.2) is 43.8 Å². The van der Waals surface area contributed by atoms with Crippen molar-refractivity contribution in [3.63, 3.8) is 0 Å². The summed E-state index contributed by atoms with van der Waals surface area (Å²) in [4.78, 5) is 22.3. The van der Waals surface area contributed by atoms with E-state index in [1.54, 1.807) is 6.07 Å². The Morgan fingerprint density at radius 1 is 1.19 bits per heavy atom. The van der Waals surface area contributed by atoms with Crippen molar-refractivity contribution in [1.29, 1.82) is 0 Å². The molecule has 1 aliphatic heterocycles. The summed E-state index contributed by atoms with van der Waals surface area (Å²) in [6, 6.07) is 2.45. The van der Waals surface area contributed by atoms with E-state index in [1.807, 2.05) is 4.90 Å². The highest BCUT2D eigenvalue weighted by atomic mass is 19.4. The Labute approximate surface area is 172 Å². The molecule has 1 aliphatic carbocycles. The van der Waals surface area contributed by atoms with Crippen LogP contribution in [-0.2, 0) is 12.7 Å². The molecule has 0 unspecified atom stereocenters. The van der Waals surface area contributed by atoms with Gasteiger partial charge in [0.2, 0.25) is 0 Å². The number of rotatable bonds is 4. The molecule has 0 atom stereocenters. The van der Waals surface area contributed by atoms with Crippen molar-refractivity contribution < 1.29 is 22.0 Å². The van der Waals surface area contributed by atoms with Gasteiger partial charge in [-0.1, -0.05) is 0 Å². The summed E-state index contributed by atoms with van der Waals surface area (Å²) < 4.78 is 66.6. The van der Waals surface area contributed by atoms with Crippen LogP contribution in [0.5, 0.6) is 0 Å². The van der Waals surface area contributed by atoms with Crippen molar-refractivity contribution in [1.82, 2.24) is 24.3 Å². The minimum atomic E-state index is -4.50. The van der Waals surface area contributed by atoms with Crippen molar-refractivity contribution in [3.05, 3.63) is 46.9 Å². The molecule has 164 valence electrons. The number of nitrogens with zero attached hydrogens (tertiary/aromatic N) is 6. The molecule has 2 fully saturated rings. The van der Waals surface area contributed by atoms with Crippen LogP contribution < -0.4 is 10.5 Å². The third kappa shape index (κ3) is 3.33. The van der Waals surface area contributed by atoms with Gasteiger partial charge in [0.1, 0.15) is 17.8 Å². The smallest absolute Gasteiger partial charge is 0.370 e. The molecular weight excluding hydrogens is 423 g/mol. The maximum absolute atomic E-state index is 12.9. The predicted molar refractivity (Wildman–Crippen MR) is 99.9 cm³/mol. The lowest BCUT2D eigenvalue weighted by atomic mass is 9.60. The molecule has 0 radical (unpaired) electrons. The molecule has 1 spiro atoms. The number of alkyl halides is 5. The monoisotopic (exact) mass is 440 g/mol. The van der Waals surface area contributed by atoms with Crippen LogP contribution in [0.4, 0.5) is 27.6 Å². The second kappa shape index (κ2) is 6.72. The van der Waals surface area contributed by atoms with Gasteiger partial charge in [-0.2, -0.15) is 18.3 Å². The zero-order valence-electron chi connectivity index (χ0n) is 16.1. The second-order valence-corrected chi connectivity index (χ2v) is 8.22. The number of aromatic nitrogens is 5. The third-order valence-electron chi connectivity index (χ3n) is 6.07. The van der Waals surface area contributed by atoms with Gasteiger partial charge in [-0.05, 0) is 25.0 Å². The van der Waals surface area contributed by atoms with Crippen LogP contribution in [0.3, 0.4) is 0 Å². The molecule has 0 aromatic carbocycles. The van der Waals surface area contributed by atoms with Crippen LogP contribution in [0, 0.1) is 5.41 Å². The summed E-state index contributed by atoms with van der Waals surface area (Å²) in [5.74, 6) is 0. The highest BCUT2D eigenvalue weighted by Gasteiger charge is 2.53. The van der Waals surface area contributed by atoms with E-state index >= 15 is 0 Å². The predicted octanol–water partition coefficient (Wildman–Crippen LogP) is 3.11. The lowest BCUT2D eigenvalue weighted by Gasteiger charge is -2.60. The summed E-state index contributed by atoms with van der Waals surface area (Å²) >= 11 is 0. The first kappa shape index (κ1) is 19.9. The van der Waals surface area contributed by atoms with Crippen LogP contribution in [0.15, 0.2) is 35.6 Å². The Morgan fingerprint density at radius 3 is 2.61 bits per heavy atom. The maximum Gasteiger partial charge on any atom is 0.433 e. The molecule has 0 N–H and O–H groups in total. The molecule has 1 saturated carbocycles. The Kier molecular flexibility index (Phi) is 4.31. The summed E-state index contributed by atoms with van der Waals surface area (Å²) in [7, 11) is 0. The van der Waals surface area contributed by atoms with E-state index < -0.39 is 30.4 Å². The van der Waals surface area contributed by atoms with Crippen molar-refractivity contribution in [2.45, 2.75) is 38.0 Å². The highest BCUT2D eigenvalue weighted by molar-refractivity contribution is 5.72. The van der Waals surface area contributed by atoms with Gasteiger partial charge < -0.3 is 4.90 Å². The minimum absolute atomic E-state index is 0.0513. The summed E-state index contributed by atoms with van der Waals surface area (Å²) in [6.45, 7) is 0.483. The second-order valence-electron chi connectivity index (χ2n) is 8.22. The number of hydrogen-bond acceptors (Lipinski definition) is 5. The molecule has 2 aliphatic rings. The van der Waals surface area contributed by atoms with E-state index in [4.69, 9.17) is 0 Å². The van der Waals surface area contributed by atoms with Gasteiger partial charge in [0.15, 0.2) is 5.52 Å². The molecule has 31 heavy (non-hydrogen) atoms. The van der Waals surface area contributed by atoms with Gasteiger partial charge in [-0.25, -0.2) is 13.8 Å². The molecule has 4 heterocycles. The summed E-state index contributed by atoms with van der Waals surface area (Å²) in [6.07, 6.45) is -1.96. The van der Waals surface area contributed by atoms with E-state index in [0.29, 0.717) is 31.6 Å². The van der Waals surface area contributed by atoms with Crippen molar-refractivity contribution >= 4 is 16.7 Å². The first-order valence-electron chi connectivity index (χ1n) is 9.64. The Hall–Kier alpha value is -3.05. The highest BCUT2D eigenvalue weighted by Crippen LogP contribution is 2.54. The Morgan fingerprint density at radius 2 is 1.94 bits per heavy atom. The summed E-state index contributed by atoms with van der Waals surface area (Å²) in [5.41, 5.74) is -0.636. The summed E-state index contributed by atoms with van der Waals surface area (Å²) in [5, 5.41) is 3.83. The van der Waals surface area contributed by atoms with E-state index in [0.717, 1.165) is 16.9 Å². The SMILES string of the molecule is O=c1c2c(cnn2CC(F)F)ncn1C1CC2(C1)CN(c1ccnc(C(F)(F)F)c1)C2. The number of pyridine rings is 1. The molecule has 12 heteroatoms. The number of halogens is 5. The van der Waals surface area contributed by atoms with Gasteiger partial charge >= 0.3 is 6.18 Å². The largest absolute Gasteiger partial charge is 0.433 e. The fourth-order valence-electron chi connectivity index (χ4n) is 4.63. The minimum Gasteiger partial charge on any atom is -0.370 e. The van der Waals surface area contributed by atoms with Crippen LogP contribution >= 0.6 is 0 Å². The average molecular weight is 440 g/mol. The van der Waals surface area contributed by atoms with Gasteiger partial charge in [0.05, 0.1) is 12.5 Å². The maximum atomic E-state index is 12.9. The van der Waals surface area contributed by atoms with Gasteiger partial charge in [-0.3, -0.25) is 19.0 Å². The molecule has 7 nitrogen and oxygen atoms in total. The third-order valence-corrected chi connectivity index (χ3v) is 6.07. The normalized spacial score (nSPS) is 18.6. The number of fused-ring (bicyclic) bond motifs is 1. The Bertz CT molecular complexity index is 1190. The van der Waals surface area contributed by atoms with Gasteiger partial charge in [0, 0.05) is 36.4 Å². The van der Waals surface area contributed by atoms with E-state index in [2.05, 4.69) is 15.1 Å². The average Bonchev–Trinajstić information content (AvgIpc) is 3.03. The lowest BCUT2D eigenvalue weighted by Crippen LogP contribution is -2.63. The van der Waals surface area contributed by atoms with Crippen LogP contribution in [0.2, 0.25) is 0 Å². The standard InChI is InChI=1S/C19H17F5N6O/c20-15(21)7-30-16-13(6-27-30)26-10-29(17(16)31)12-4-18(5-12)8-28(9-18)11-1-2-25-14(3-11)19(22,23)24/h1-3,6,10,12,15H,4-5,7-9H2. The topological polar surface area (TPSA) is 68.8 Å². The van der Waals surface area contributed by atoms with E-state index in [-0.39, 0.29) is 22.5 Å². The molecular formula is C19H17F5N6O. The van der Waals surface area contributed by atoms with Crippen molar-refractivity contribution in [3.8, 4) is 0 Å². The molecule has 1 saturated heterocycles. The first-order valence-corrected chi connectivity index (χ1v) is 9.64. The van der Waals surface area contributed by atoms with Crippen LogP contribution in [0.25, 0.3) is 11.0 Å². The van der Waals surface area contributed by atoms with Crippen molar-refractivity contribution in [2.24, 2.45) is 5.41 Å². The van der Waals surface area contributed by atoms with E-state index in [1.165, 1.54) is 17.1 Å². The Balaban J connectivity index is 1.30. The molecule has 3 aromatic rings. The van der Waals surface area contributed by atoms with Crippen LogP contribution in [0.1, 0.15) is 24.6 Å². The molecule has 5 rings (SSSR count). The molecule has 0 bridgehead atoms. The van der Waals surface area contributed by atoms with Crippen molar-refractivity contribution in [2.75, 3.05) is 18.0 Å². The number of anilines is 1. The quantitative estimate of drug-likeness (QED) is 0.584. The molecule has 0 amide bonds. The van der Waals surface area contributed by atoms with Gasteiger partial charge in [0.25, 0.3) is 12.0 Å². The van der Waals surface area contributed by atoms with E-state index in [9.17, 15) is 26.7 Å². The fraction of sp³-hybridized carbons (Fsp3) is 0.474. The fourth-order valence-corrected chi connectivity index (χ4v) is 4.63. The van der Waals surface area contributed by atoms with Gasteiger partial charge in [-0.15, -0.1) is 0 Å². The molecule has 3 aromatic heterocycles. The lowest BCUT2D eigenvalue weighted by molar-refractivity contribution is -0.141.